The number of hydrogen-bond donors (Lipinski definition) is 1. The molecule has 4 nitrogen and oxygen atoms in total. The summed E-state index contributed by atoms with van der Waals surface area (Å²) in [6, 6.07) is 34.0. The minimum Gasteiger partial charge on any atom is -0.585 e. The second-order valence-corrected chi connectivity index (χ2v) is 6.22. The third-order valence-electron chi connectivity index (χ3n) is 4.24. The van der Waals surface area contributed by atoms with Gasteiger partial charge >= 0.3 is 0 Å². The molecule has 0 saturated carbocycles. The highest BCUT2D eigenvalue weighted by Gasteiger charge is 2.06. The Hall–Kier alpha value is -3.60. The highest BCUT2D eigenvalue weighted by Crippen LogP contribution is 2.26. The Kier molecular flexibility index (Phi) is 5.33. The fraction of sp³-hybridized carbons (Fsp3) is 0. The molecule has 4 aromatic rings. The predicted molar refractivity (Wildman–Crippen MR) is 109 cm³/mol. The van der Waals surface area contributed by atoms with Gasteiger partial charge in [0.1, 0.15) is 11.5 Å². The third kappa shape index (κ3) is 4.38. The van der Waals surface area contributed by atoms with Crippen molar-refractivity contribution < 1.29 is 14.8 Å². The van der Waals surface area contributed by atoms with Crippen LogP contribution in [0.5, 0.6) is 17.2 Å². The van der Waals surface area contributed by atoms with Crippen LogP contribution >= 0.6 is 0 Å². The van der Waals surface area contributed by atoms with E-state index in [0.717, 1.165) is 22.6 Å². The molecule has 1 unspecified atom stereocenters. The van der Waals surface area contributed by atoms with E-state index in [2.05, 4.69) is 0 Å². The molecule has 0 aliphatic carbocycles. The number of benzene rings is 4. The topological polar surface area (TPSA) is 46.0 Å². The van der Waals surface area contributed by atoms with Gasteiger partial charge in [0.15, 0.2) is 11.4 Å². The Morgan fingerprint density at radius 2 is 0.964 bits per heavy atom. The van der Waals surface area contributed by atoms with Crippen LogP contribution in [-0.4, -0.2) is 0 Å². The molecule has 0 amide bonds. The lowest BCUT2D eigenvalue weighted by molar-refractivity contribution is -0.963. The van der Waals surface area contributed by atoms with E-state index in [9.17, 15) is 5.21 Å². The van der Waals surface area contributed by atoms with E-state index in [0.29, 0.717) is 11.4 Å². The van der Waals surface area contributed by atoms with Gasteiger partial charge in [-0.05, 0) is 47.5 Å². The maximum Gasteiger partial charge on any atom is 0.191 e. The summed E-state index contributed by atoms with van der Waals surface area (Å²) in [5, 5.41) is 11.8. The normalized spacial score (nSPS) is 11.6. The molecule has 0 bridgehead atoms. The first-order valence-electron chi connectivity index (χ1n) is 8.98. The lowest BCUT2D eigenvalue weighted by Crippen LogP contribution is -3.04. The first-order valence-corrected chi connectivity index (χ1v) is 8.98. The molecule has 0 aliphatic heterocycles. The maximum atomic E-state index is 12.1. The highest BCUT2D eigenvalue weighted by atomic mass is 16.9. The lowest BCUT2D eigenvalue weighted by atomic mass is 10.1. The molecule has 4 rings (SSSR count). The summed E-state index contributed by atoms with van der Waals surface area (Å²) in [7, 11) is 0. The standard InChI is InChI=1S/C24H19NO3/c26-25(21-7-3-1-4-8-21)28-24-17-13-20(14-18-24)19-11-15-23(16-12-19)27-22-9-5-2-6-10-22/h1-18,25H. The number of hydrogen-bond acceptors (Lipinski definition) is 3. The molecule has 0 fully saturated rings. The molecule has 0 aromatic heterocycles. The SMILES string of the molecule is [O-][NH+](Oc1ccc(-c2ccc(Oc3ccccc3)cc2)cc1)c1ccccc1. The zero-order valence-electron chi connectivity index (χ0n) is 15.1. The molecule has 0 spiro atoms. The quantitative estimate of drug-likeness (QED) is 0.478. The summed E-state index contributed by atoms with van der Waals surface area (Å²) in [4.78, 5) is 5.42. The van der Waals surface area contributed by atoms with E-state index in [1.54, 1.807) is 24.3 Å². The van der Waals surface area contributed by atoms with Crippen LogP contribution in [0.2, 0.25) is 0 Å². The van der Waals surface area contributed by atoms with Gasteiger partial charge in [-0.25, -0.2) is 0 Å². The van der Waals surface area contributed by atoms with Gasteiger partial charge < -0.3 is 14.8 Å². The largest absolute Gasteiger partial charge is 0.585 e. The van der Waals surface area contributed by atoms with Crippen LogP contribution in [0.3, 0.4) is 0 Å². The van der Waals surface area contributed by atoms with Crippen LogP contribution in [0.25, 0.3) is 11.1 Å². The number of rotatable bonds is 6. The summed E-state index contributed by atoms with van der Waals surface area (Å²) >= 11 is 0. The van der Waals surface area contributed by atoms with E-state index in [4.69, 9.17) is 9.57 Å². The van der Waals surface area contributed by atoms with Gasteiger partial charge in [0.05, 0.1) is 0 Å². The maximum absolute atomic E-state index is 12.1. The first kappa shape index (κ1) is 17.8. The van der Waals surface area contributed by atoms with Crippen LogP contribution in [0, 0.1) is 5.21 Å². The predicted octanol–water partition coefficient (Wildman–Crippen LogP) is 5.15. The fourth-order valence-corrected chi connectivity index (χ4v) is 2.80. The number of nitrogens with one attached hydrogen (secondary N) is 1. The van der Waals surface area contributed by atoms with Gasteiger partial charge in [-0.15, -0.1) is 5.23 Å². The van der Waals surface area contributed by atoms with E-state index in [1.807, 2.05) is 84.9 Å². The minimum absolute atomic E-state index is 0.365. The molecular formula is C24H19NO3. The summed E-state index contributed by atoms with van der Waals surface area (Å²) in [6.45, 7) is 0. The van der Waals surface area contributed by atoms with Crippen molar-refractivity contribution in [2.75, 3.05) is 0 Å². The van der Waals surface area contributed by atoms with Crippen molar-refractivity contribution in [2.45, 2.75) is 0 Å². The van der Waals surface area contributed by atoms with Crippen molar-refractivity contribution in [1.29, 1.82) is 0 Å². The average molecular weight is 369 g/mol. The lowest BCUT2D eigenvalue weighted by Gasteiger charge is -2.19. The summed E-state index contributed by atoms with van der Waals surface area (Å²) in [6.07, 6.45) is 0. The molecule has 0 heterocycles. The van der Waals surface area contributed by atoms with Gasteiger partial charge in [-0.1, -0.05) is 60.7 Å². The van der Waals surface area contributed by atoms with E-state index >= 15 is 0 Å². The van der Waals surface area contributed by atoms with Gasteiger partial charge in [-0.3, -0.25) is 0 Å². The Balaban J connectivity index is 1.42. The molecule has 28 heavy (non-hydrogen) atoms. The summed E-state index contributed by atoms with van der Waals surface area (Å²) in [5.41, 5.74) is 2.62. The molecule has 1 atom stereocenters. The Bertz CT molecular complexity index is 1000. The second-order valence-electron chi connectivity index (χ2n) is 6.22. The van der Waals surface area contributed by atoms with Crippen molar-refractivity contribution in [3.63, 3.8) is 0 Å². The van der Waals surface area contributed by atoms with Gasteiger partial charge in [0.25, 0.3) is 0 Å². The van der Waals surface area contributed by atoms with E-state index < -0.39 is 0 Å². The van der Waals surface area contributed by atoms with Crippen molar-refractivity contribution >= 4 is 5.69 Å². The Morgan fingerprint density at radius 3 is 1.54 bits per heavy atom. The van der Waals surface area contributed by atoms with Crippen LogP contribution in [0.4, 0.5) is 5.69 Å². The van der Waals surface area contributed by atoms with Crippen molar-refractivity contribution in [1.82, 2.24) is 0 Å². The minimum atomic E-state index is -0.365. The van der Waals surface area contributed by atoms with Crippen molar-refractivity contribution in [3.05, 3.63) is 114 Å². The van der Waals surface area contributed by atoms with Gasteiger partial charge in [-0.2, -0.15) is 0 Å². The van der Waals surface area contributed by atoms with E-state index in [-0.39, 0.29) is 5.23 Å². The van der Waals surface area contributed by atoms with E-state index in [1.165, 1.54) is 0 Å². The zero-order valence-corrected chi connectivity index (χ0v) is 15.1. The number of quaternary nitrogens is 1. The summed E-state index contributed by atoms with van der Waals surface area (Å²) in [5.74, 6) is 2.10. The molecule has 138 valence electrons. The molecule has 0 aliphatic rings. The smallest absolute Gasteiger partial charge is 0.191 e. The first-order chi connectivity index (χ1) is 13.8. The number of ether oxygens (including phenoxy) is 1. The van der Waals surface area contributed by atoms with Gasteiger partial charge in [0.2, 0.25) is 0 Å². The fourth-order valence-electron chi connectivity index (χ4n) is 2.80. The average Bonchev–Trinajstić information content (AvgIpc) is 2.76. The molecular weight excluding hydrogens is 350 g/mol. The van der Waals surface area contributed by atoms with Crippen LogP contribution in [0.1, 0.15) is 0 Å². The number of para-hydroxylation sites is 1. The van der Waals surface area contributed by atoms with Crippen LogP contribution in [-0.2, 0) is 0 Å². The molecule has 4 heteroatoms. The summed E-state index contributed by atoms with van der Waals surface area (Å²) < 4.78 is 5.82. The monoisotopic (exact) mass is 369 g/mol. The molecule has 4 aromatic carbocycles. The Morgan fingerprint density at radius 1 is 0.500 bits per heavy atom. The van der Waals surface area contributed by atoms with Crippen molar-refractivity contribution in [2.24, 2.45) is 0 Å². The Labute approximate surface area is 163 Å². The van der Waals surface area contributed by atoms with Crippen LogP contribution in [0.15, 0.2) is 109 Å². The highest BCUT2D eigenvalue weighted by molar-refractivity contribution is 5.65. The third-order valence-corrected chi connectivity index (χ3v) is 4.24. The second kappa shape index (κ2) is 8.39. The zero-order chi connectivity index (χ0) is 19.2. The van der Waals surface area contributed by atoms with Crippen molar-refractivity contribution in [3.8, 4) is 28.4 Å². The molecule has 0 saturated heterocycles. The molecule has 1 N–H and O–H groups in total. The van der Waals surface area contributed by atoms with Crippen LogP contribution < -0.4 is 14.8 Å². The molecule has 0 radical (unpaired) electrons. The van der Waals surface area contributed by atoms with Gasteiger partial charge in [0, 0.05) is 12.1 Å².